The van der Waals surface area contributed by atoms with Crippen LogP contribution in [0.3, 0.4) is 0 Å². The van der Waals surface area contributed by atoms with E-state index in [0.29, 0.717) is 0 Å². The van der Waals surface area contributed by atoms with Crippen molar-refractivity contribution in [1.29, 1.82) is 0 Å². The molecule has 0 aliphatic carbocycles. The summed E-state index contributed by atoms with van der Waals surface area (Å²) in [6.45, 7) is 2.13. The molecule has 2 heteroatoms. The molecule has 0 aliphatic heterocycles. The minimum absolute atomic E-state index is 0.270. The fourth-order valence-corrected chi connectivity index (χ4v) is 2.39. The molecule has 0 aliphatic rings. The van der Waals surface area contributed by atoms with Crippen LogP contribution in [0.15, 0.2) is 48.5 Å². The minimum Gasteiger partial charge on any atom is -0.309 e. The second-order valence-corrected chi connectivity index (χ2v) is 5.43. The highest BCUT2D eigenvalue weighted by Crippen LogP contribution is 2.23. The number of hydrogen-bond donors (Lipinski definition) is 1. The molecule has 1 N–H and O–H groups in total. The Labute approximate surface area is 116 Å². The molecule has 17 heavy (non-hydrogen) atoms. The van der Waals surface area contributed by atoms with Crippen LogP contribution in [0, 0.1) is 10.5 Å². The van der Waals surface area contributed by atoms with Gasteiger partial charge < -0.3 is 5.32 Å². The maximum Gasteiger partial charge on any atom is 0.0574 e. The second kappa shape index (κ2) is 5.65. The van der Waals surface area contributed by atoms with Crippen LogP contribution in [-0.2, 0) is 0 Å². The zero-order valence-electron chi connectivity index (χ0n) is 10.1. The summed E-state index contributed by atoms with van der Waals surface area (Å²) in [6.07, 6.45) is 0. The van der Waals surface area contributed by atoms with Gasteiger partial charge in [-0.25, -0.2) is 0 Å². The summed E-state index contributed by atoms with van der Waals surface area (Å²) in [7, 11) is 2.00. The molecule has 1 unspecified atom stereocenters. The number of nitrogens with one attached hydrogen (secondary N) is 1. The number of aryl methyl sites for hydroxylation is 1. The van der Waals surface area contributed by atoms with Crippen LogP contribution in [-0.4, -0.2) is 7.05 Å². The van der Waals surface area contributed by atoms with Crippen LogP contribution in [0.25, 0.3) is 0 Å². The van der Waals surface area contributed by atoms with Crippen molar-refractivity contribution in [2.24, 2.45) is 0 Å². The molecule has 0 saturated carbocycles. The summed E-state index contributed by atoms with van der Waals surface area (Å²) in [5, 5.41) is 3.38. The summed E-state index contributed by atoms with van der Waals surface area (Å²) in [6, 6.07) is 17.6. The Balaban J connectivity index is 2.36. The summed E-state index contributed by atoms with van der Waals surface area (Å²) >= 11 is 2.33. The smallest absolute Gasteiger partial charge is 0.0574 e. The van der Waals surface area contributed by atoms with Crippen LogP contribution in [0.2, 0.25) is 0 Å². The molecular weight excluding hydrogens is 321 g/mol. The summed E-state index contributed by atoms with van der Waals surface area (Å²) in [4.78, 5) is 0. The first-order valence-electron chi connectivity index (χ1n) is 5.70. The lowest BCUT2D eigenvalue weighted by Gasteiger charge is -2.17. The average Bonchev–Trinajstić information content (AvgIpc) is 2.33. The van der Waals surface area contributed by atoms with Crippen molar-refractivity contribution in [3.63, 3.8) is 0 Å². The average molecular weight is 337 g/mol. The molecular formula is C15H16IN. The van der Waals surface area contributed by atoms with E-state index in [1.165, 1.54) is 20.3 Å². The summed E-state index contributed by atoms with van der Waals surface area (Å²) < 4.78 is 1.27. The monoisotopic (exact) mass is 337 g/mol. The van der Waals surface area contributed by atoms with E-state index in [1.54, 1.807) is 0 Å². The van der Waals surface area contributed by atoms with Crippen molar-refractivity contribution in [2.75, 3.05) is 7.05 Å². The normalized spacial score (nSPS) is 12.4. The van der Waals surface area contributed by atoms with Crippen LogP contribution >= 0.6 is 22.6 Å². The summed E-state index contributed by atoms with van der Waals surface area (Å²) in [5.74, 6) is 0. The van der Waals surface area contributed by atoms with Crippen molar-refractivity contribution >= 4 is 22.6 Å². The third-order valence-corrected chi connectivity index (χ3v) is 3.59. The van der Waals surface area contributed by atoms with E-state index in [1.807, 2.05) is 7.05 Å². The molecule has 1 atom stereocenters. The van der Waals surface area contributed by atoms with E-state index in [9.17, 15) is 0 Å². The predicted molar refractivity (Wildman–Crippen MR) is 81.2 cm³/mol. The van der Waals surface area contributed by atoms with Gasteiger partial charge in [0.25, 0.3) is 0 Å². The highest BCUT2D eigenvalue weighted by molar-refractivity contribution is 14.1. The Morgan fingerprint density at radius 1 is 1.00 bits per heavy atom. The molecule has 1 nitrogen and oxygen atoms in total. The van der Waals surface area contributed by atoms with E-state index in [-0.39, 0.29) is 6.04 Å². The molecule has 0 aromatic heterocycles. The van der Waals surface area contributed by atoms with Crippen LogP contribution in [0.4, 0.5) is 0 Å². The SMILES string of the molecule is CNC(c1ccc(I)cc1)c1cccc(C)c1. The quantitative estimate of drug-likeness (QED) is 0.838. The molecule has 2 aromatic rings. The highest BCUT2D eigenvalue weighted by atomic mass is 127. The molecule has 0 saturated heterocycles. The van der Waals surface area contributed by atoms with Crippen molar-refractivity contribution in [1.82, 2.24) is 5.32 Å². The van der Waals surface area contributed by atoms with Crippen LogP contribution in [0.1, 0.15) is 22.7 Å². The van der Waals surface area contributed by atoms with Gasteiger partial charge in [-0.3, -0.25) is 0 Å². The van der Waals surface area contributed by atoms with Crippen molar-refractivity contribution in [3.05, 3.63) is 68.8 Å². The molecule has 0 amide bonds. The van der Waals surface area contributed by atoms with E-state index in [4.69, 9.17) is 0 Å². The Morgan fingerprint density at radius 2 is 1.71 bits per heavy atom. The van der Waals surface area contributed by atoms with Gasteiger partial charge >= 0.3 is 0 Å². The molecule has 0 bridgehead atoms. The molecule has 0 radical (unpaired) electrons. The van der Waals surface area contributed by atoms with Gasteiger partial charge in [-0.05, 0) is 59.8 Å². The van der Waals surface area contributed by atoms with Gasteiger partial charge in [0.1, 0.15) is 0 Å². The van der Waals surface area contributed by atoms with Gasteiger partial charge in [0.05, 0.1) is 6.04 Å². The van der Waals surface area contributed by atoms with Gasteiger partial charge in [-0.1, -0.05) is 42.0 Å². The topological polar surface area (TPSA) is 12.0 Å². The lowest BCUT2D eigenvalue weighted by atomic mass is 9.98. The fraction of sp³-hybridized carbons (Fsp3) is 0.200. The molecule has 2 aromatic carbocycles. The fourth-order valence-electron chi connectivity index (χ4n) is 2.03. The lowest BCUT2D eigenvalue weighted by molar-refractivity contribution is 0.691. The van der Waals surface area contributed by atoms with Gasteiger partial charge in [0, 0.05) is 3.57 Å². The molecule has 2 rings (SSSR count). The second-order valence-electron chi connectivity index (χ2n) is 4.19. The first kappa shape index (κ1) is 12.6. The first-order chi connectivity index (χ1) is 8.20. The predicted octanol–water partition coefficient (Wildman–Crippen LogP) is 3.91. The Hall–Kier alpha value is -0.870. The van der Waals surface area contributed by atoms with Crippen molar-refractivity contribution in [3.8, 4) is 0 Å². The highest BCUT2D eigenvalue weighted by Gasteiger charge is 2.11. The van der Waals surface area contributed by atoms with Crippen LogP contribution < -0.4 is 5.32 Å². The third-order valence-electron chi connectivity index (χ3n) is 2.87. The van der Waals surface area contributed by atoms with E-state index < -0.39 is 0 Å². The maximum absolute atomic E-state index is 3.38. The maximum atomic E-state index is 3.38. The van der Waals surface area contributed by atoms with Gasteiger partial charge in [0.15, 0.2) is 0 Å². The van der Waals surface area contributed by atoms with E-state index >= 15 is 0 Å². The Morgan fingerprint density at radius 3 is 2.29 bits per heavy atom. The Bertz CT molecular complexity index is 491. The van der Waals surface area contributed by atoms with Gasteiger partial charge in [-0.15, -0.1) is 0 Å². The third kappa shape index (κ3) is 3.07. The van der Waals surface area contributed by atoms with Crippen LogP contribution in [0.5, 0.6) is 0 Å². The zero-order valence-corrected chi connectivity index (χ0v) is 12.2. The summed E-state index contributed by atoms with van der Waals surface area (Å²) in [5.41, 5.74) is 3.92. The molecule has 88 valence electrons. The number of hydrogen-bond acceptors (Lipinski definition) is 1. The minimum atomic E-state index is 0.270. The van der Waals surface area contributed by atoms with Crippen molar-refractivity contribution in [2.45, 2.75) is 13.0 Å². The van der Waals surface area contributed by atoms with Crippen molar-refractivity contribution < 1.29 is 0 Å². The largest absolute Gasteiger partial charge is 0.309 e. The lowest BCUT2D eigenvalue weighted by Crippen LogP contribution is -2.17. The molecule has 0 spiro atoms. The molecule has 0 fully saturated rings. The Kier molecular flexibility index (Phi) is 4.18. The number of benzene rings is 2. The zero-order chi connectivity index (χ0) is 12.3. The number of halogens is 1. The first-order valence-corrected chi connectivity index (χ1v) is 6.78. The molecule has 0 heterocycles. The van der Waals surface area contributed by atoms with Gasteiger partial charge in [0.2, 0.25) is 0 Å². The van der Waals surface area contributed by atoms with E-state index in [0.717, 1.165) is 0 Å². The number of rotatable bonds is 3. The van der Waals surface area contributed by atoms with Gasteiger partial charge in [-0.2, -0.15) is 0 Å². The standard InChI is InChI=1S/C15H16IN/c1-11-4-3-5-13(10-11)15(17-2)12-6-8-14(16)9-7-12/h3-10,15,17H,1-2H3. The van der Waals surface area contributed by atoms with E-state index in [2.05, 4.69) is 83.4 Å².